The predicted octanol–water partition coefficient (Wildman–Crippen LogP) is 1.93. The fraction of sp³-hybridized carbons (Fsp3) is 0.538. The summed E-state index contributed by atoms with van der Waals surface area (Å²) in [5.41, 5.74) is 0.581. The van der Waals surface area contributed by atoms with Gasteiger partial charge in [-0.1, -0.05) is 30.3 Å². The van der Waals surface area contributed by atoms with E-state index in [1.54, 1.807) is 0 Å². The van der Waals surface area contributed by atoms with Gasteiger partial charge >= 0.3 is 0 Å². The van der Waals surface area contributed by atoms with Crippen molar-refractivity contribution in [1.82, 2.24) is 4.90 Å². The number of likely N-dealkylation sites (N-methyl/N-ethyl adjacent to an activating group) is 1. The molecule has 1 rings (SSSR count). The third-order valence-corrected chi connectivity index (χ3v) is 2.71. The molecule has 2 nitrogen and oxygen atoms in total. The Balaban J connectivity index is 2.77. The van der Waals surface area contributed by atoms with Crippen molar-refractivity contribution in [3.8, 4) is 0 Å². The monoisotopic (exact) mass is 207 g/mol. The molecule has 0 radical (unpaired) electrons. The van der Waals surface area contributed by atoms with Gasteiger partial charge in [-0.05, 0) is 39.9 Å². The van der Waals surface area contributed by atoms with E-state index in [-0.39, 0.29) is 6.04 Å². The van der Waals surface area contributed by atoms with Crippen LogP contribution in [0.3, 0.4) is 0 Å². The van der Waals surface area contributed by atoms with Crippen LogP contribution < -0.4 is 0 Å². The van der Waals surface area contributed by atoms with E-state index < -0.39 is 5.60 Å². The van der Waals surface area contributed by atoms with Crippen molar-refractivity contribution in [3.05, 3.63) is 35.9 Å². The van der Waals surface area contributed by atoms with Crippen LogP contribution >= 0.6 is 0 Å². The lowest BCUT2D eigenvalue weighted by molar-refractivity contribution is -0.00166. The Hall–Kier alpha value is -0.860. The first-order chi connectivity index (χ1) is 6.91. The third kappa shape index (κ3) is 3.65. The minimum atomic E-state index is -0.681. The van der Waals surface area contributed by atoms with Crippen molar-refractivity contribution in [2.45, 2.75) is 31.9 Å². The average Bonchev–Trinajstić information content (AvgIpc) is 2.13. The van der Waals surface area contributed by atoms with E-state index in [1.807, 2.05) is 46.1 Å². The molecule has 15 heavy (non-hydrogen) atoms. The molecule has 0 saturated carbocycles. The third-order valence-electron chi connectivity index (χ3n) is 2.71. The average molecular weight is 207 g/mol. The number of rotatable bonds is 4. The highest BCUT2D eigenvalue weighted by Gasteiger charge is 2.28. The molecule has 0 heterocycles. The van der Waals surface area contributed by atoms with Crippen molar-refractivity contribution >= 4 is 0 Å². The van der Waals surface area contributed by atoms with Crippen molar-refractivity contribution in [2.75, 3.05) is 14.1 Å². The molecule has 2 heteroatoms. The van der Waals surface area contributed by atoms with Crippen molar-refractivity contribution in [1.29, 1.82) is 0 Å². The van der Waals surface area contributed by atoms with Crippen molar-refractivity contribution in [3.63, 3.8) is 0 Å². The second-order valence-corrected chi connectivity index (χ2v) is 4.82. The van der Waals surface area contributed by atoms with Gasteiger partial charge in [-0.15, -0.1) is 0 Å². The van der Waals surface area contributed by atoms with Crippen LogP contribution in [-0.2, 0) is 6.42 Å². The number of hydrogen-bond acceptors (Lipinski definition) is 2. The molecule has 0 amide bonds. The summed E-state index contributed by atoms with van der Waals surface area (Å²) in [7, 11) is 4.01. The summed E-state index contributed by atoms with van der Waals surface area (Å²) in [5.74, 6) is 0. The molecule has 0 aliphatic heterocycles. The van der Waals surface area contributed by atoms with Gasteiger partial charge in [-0.3, -0.25) is 0 Å². The molecule has 84 valence electrons. The first kappa shape index (κ1) is 12.2. The zero-order chi connectivity index (χ0) is 11.5. The van der Waals surface area contributed by atoms with Crippen LogP contribution in [0.1, 0.15) is 19.4 Å². The highest BCUT2D eigenvalue weighted by Crippen LogP contribution is 2.18. The van der Waals surface area contributed by atoms with E-state index in [4.69, 9.17) is 0 Å². The Bertz CT molecular complexity index is 287. The summed E-state index contributed by atoms with van der Waals surface area (Å²) in [6.45, 7) is 3.72. The Kier molecular flexibility index (Phi) is 3.89. The smallest absolute Gasteiger partial charge is 0.0749 e. The van der Waals surface area contributed by atoms with Crippen molar-refractivity contribution in [2.24, 2.45) is 0 Å². The van der Waals surface area contributed by atoms with Crippen LogP contribution in [-0.4, -0.2) is 35.7 Å². The van der Waals surface area contributed by atoms with Gasteiger partial charge in [0.25, 0.3) is 0 Å². The lowest BCUT2D eigenvalue weighted by Gasteiger charge is -2.34. The van der Waals surface area contributed by atoms with Gasteiger partial charge in [0.2, 0.25) is 0 Å². The predicted molar refractivity (Wildman–Crippen MR) is 63.9 cm³/mol. The lowest BCUT2D eigenvalue weighted by atomic mass is 9.91. The largest absolute Gasteiger partial charge is 0.389 e. The van der Waals surface area contributed by atoms with Crippen LogP contribution in [0.15, 0.2) is 30.3 Å². The van der Waals surface area contributed by atoms with Crippen LogP contribution in [0.2, 0.25) is 0 Å². The Morgan fingerprint density at radius 2 is 1.73 bits per heavy atom. The van der Waals surface area contributed by atoms with Crippen LogP contribution in [0.25, 0.3) is 0 Å². The molecule has 0 spiro atoms. The molecular formula is C13H21NO. The zero-order valence-corrected chi connectivity index (χ0v) is 10.1. The van der Waals surface area contributed by atoms with E-state index >= 15 is 0 Å². The second kappa shape index (κ2) is 4.77. The quantitative estimate of drug-likeness (QED) is 0.815. The normalized spacial score (nSPS) is 14.3. The molecule has 0 bridgehead atoms. The lowest BCUT2D eigenvalue weighted by Crippen LogP contribution is -2.47. The standard InChI is InChI=1S/C13H21NO/c1-13(2,15)12(14(3)4)10-11-8-6-5-7-9-11/h5-9,12,15H,10H2,1-4H3/t12-/m0/s1. The van der Waals surface area contributed by atoms with E-state index in [0.29, 0.717) is 0 Å². The van der Waals surface area contributed by atoms with Gasteiger partial charge in [-0.2, -0.15) is 0 Å². The first-order valence-corrected chi connectivity index (χ1v) is 5.34. The molecular weight excluding hydrogens is 186 g/mol. The maximum Gasteiger partial charge on any atom is 0.0749 e. The topological polar surface area (TPSA) is 23.5 Å². The summed E-state index contributed by atoms with van der Waals surface area (Å²) in [4.78, 5) is 2.08. The number of nitrogens with zero attached hydrogens (tertiary/aromatic N) is 1. The second-order valence-electron chi connectivity index (χ2n) is 4.82. The molecule has 0 aromatic heterocycles. The molecule has 0 aliphatic rings. The molecule has 0 saturated heterocycles. The Morgan fingerprint density at radius 1 is 1.20 bits per heavy atom. The highest BCUT2D eigenvalue weighted by molar-refractivity contribution is 5.16. The van der Waals surface area contributed by atoms with E-state index in [9.17, 15) is 5.11 Å². The summed E-state index contributed by atoms with van der Waals surface area (Å²) < 4.78 is 0. The zero-order valence-electron chi connectivity index (χ0n) is 10.1. The number of hydrogen-bond donors (Lipinski definition) is 1. The maximum absolute atomic E-state index is 10.1. The molecule has 0 fully saturated rings. The molecule has 1 aromatic rings. The van der Waals surface area contributed by atoms with Crippen molar-refractivity contribution < 1.29 is 5.11 Å². The SMILES string of the molecule is CN(C)[C@@H](Cc1ccccc1)C(C)(C)O. The summed E-state index contributed by atoms with van der Waals surface area (Å²) >= 11 is 0. The van der Waals surface area contributed by atoms with Gasteiger partial charge in [0.1, 0.15) is 0 Å². The molecule has 0 aliphatic carbocycles. The minimum absolute atomic E-state index is 0.139. The van der Waals surface area contributed by atoms with E-state index in [1.165, 1.54) is 5.56 Å². The van der Waals surface area contributed by atoms with Gasteiger partial charge in [0.05, 0.1) is 5.60 Å². The molecule has 1 N–H and O–H groups in total. The van der Waals surface area contributed by atoms with E-state index in [0.717, 1.165) is 6.42 Å². The number of benzene rings is 1. The fourth-order valence-electron chi connectivity index (χ4n) is 1.90. The Labute approximate surface area is 92.5 Å². The fourth-order valence-corrected chi connectivity index (χ4v) is 1.90. The Morgan fingerprint density at radius 3 is 2.13 bits per heavy atom. The molecule has 1 aromatic carbocycles. The van der Waals surface area contributed by atoms with Crippen LogP contribution in [0, 0.1) is 0 Å². The molecule has 1 atom stereocenters. The van der Waals surface area contributed by atoms with Crippen LogP contribution in [0.4, 0.5) is 0 Å². The van der Waals surface area contributed by atoms with Gasteiger partial charge in [0, 0.05) is 6.04 Å². The summed E-state index contributed by atoms with van der Waals surface area (Å²) in [6, 6.07) is 10.4. The maximum atomic E-state index is 10.1. The number of aliphatic hydroxyl groups is 1. The van der Waals surface area contributed by atoms with E-state index in [2.05, 4.69) is 17.0 Å². The first-order valence-electron chi connectivity index (χ1n) is 5.34. The van der Waals surface area contributed by atoms with Gasteiger partial charge in [-0.25, -0.2) is 0 Å². The summed E-state index contributed by atoms with van der Waals surface area (Å²) in [5, 5.41) is 10.1. The minimum Gasteiger partial charge on any atom is -0.389 e. The van der Waals surface area contributed by atoms with Crippen LogP contribution in [0.5, 0.6) is 0 Å². The molecule has 0 unspecified atom stereocenters. The van der Waals surface area contributed by atoms with Gasteiger partial charge in [0.15, 0.2) is 0 Å². The van der Waals surface area contributed by atoms with Gasteiger partial charge < -0.3 is 10.0 Å². The highest BCUT2D eigenvalue weighted by atomic mass is 16.3. The summed E-state index contributed by atoms with van der Waals surface area (Å²) in [6.07, 6.45) is 0.872.